The summed E-state index contributed by atoms with van der Waals surface area (Å²) in [7, 11) is 0. The minimum atomic E-state index is 0.185. The standard InChI is InChI=1S/C17H15Cl2N3OS/c1-2-22-16(11-6-3-4-9-15(11)23)20-21-17(22)24-10-12-13(18)7-5-8-14(12)19/h3-9,23H,2,10H2,1H3. The summed E-state index contributed by atoms with van der Waals surface area (Å²) in [5.41, 5.74) is 1.54. The predicted molar refractivity (Wildman–Crippen MR) is 98.8 cm³/mol. The summed E-state index contributed by atoms with van der Waals surface area (Å²) in [6, 6.07) is 12.6. The molecule has 3 rings (SSSR count). The van der Waals surface area contributed by atoms with E-state index in [1.54, 1.807) is 12.1 Å². The van der Waals surface area contributed by atoms with Crippen LogP contribution < -0.4 is 0 Å². The van der Waals surface area contributed by atoms with Crippen molar-refractivity contribution in [3.05, 3.63) is 58.1 Å². The highest BCUT2D eigenvalue weighted by molar-refractivity contribution is 7.98. The normalized spacial score (nSPS) is 11.0. The number of phenolic OH excluding ortho intramolecular Hbond substituents is 1. The molecule has 1 heterocycles. The van der Waals surface area contributed by atoms with Crippen molar-refractivity contribution in [1.82, 2.24) is 14.8 Å². The Morgan fingerprint density at radius 3 is 2.42 bits per heavy atom. The number of phenols is 1. The van der Waals surface area contributed by atoms with Gasteiger partial charge in [-0.2, -0.15) is 0 Å². The minimum absolute atomic E-state index is 0.185. The number of para-hydroxylation sites is 1. The number of aromatic nitrogens is 3. The van der Waals surface area contributed by atoms with E-state index in [1.165, 1.54) is 11.8 Å². The molecule has 0 unspecified atom stereocenters. The first-order valence-corrected chi connectivity index (χ1v) is 9.13. The van der Waals surface area contributed by atoms with E-state index in [2.05, 4.69) is 10.2 Å². The topological polar surface area (TPSA) is 50.9 Å². The molecule has 0 spiro atoms. The number of hydrogen-bond donors (Lipinski definition) is 1. The van der Waals surface area contributed by atoms with Crippen molar-refractivity contribution in [2.75, 3.05) is 0 Å². The molecule has 124 valence electrons. The first-order chi connectivity index (χ1) is 11.6. The number of hydrogen-bond acceptors (Lipinski definition) is 4. The fourth-order valence-electron chi connectivity index (χ4n) is 2.35. The fraction of sp³-hybridized carbons (Fsp3) is 0.176. The third-order valence-corrected chi connectivity index (χ3v) is 5.29. The molecule has 0 saturated carbocycles. The Bertz CT molecular complexity index is 847. The van der Waals surface area contributed by atoms with Crippen molar-refractivity contribution >= 4 is 35.0 Å². The van der Waals surface area contributed by atoms with E-state index in [4.69, 9.17) is 23.2 Å². The van der Waals surface area contributed by atoms with Crippen molar-refractivity contribution in [2.45, 2.75) is 24.4 Å². The maximum atomic E-state index is 10.1. The minimum Gasteiger partial charge on any atom is -0.507 e. The SMILES string of the molecule is CCn1c(SCc2c(Cl)cccc2Cl)nnc1-c1ccccc1O. The second kappa shape index (κ2) is 7.47. The monoisotopic (exact) mass is 379 g/mol. The summed E-state index contributed by atoms with van der Waals surface area (Å²) in [5.74, 6) is 1.42. The van der Waals surface area contributed by atoms with Crippen LogP contribution in [0.1, 0.15) is 12.5 Å². The van der Waals surface area contributed by atoms with Crippen molar-refractivity contribution in [1.29, 1.82) is 0 Å². The maximum Gasteiger partial charge on any atom is 0.191 e. The Kier molecular flexibility index (Phi) is 5.33. The lowest BCUT2D eigenvalue weighted by Crippen LogP contribution is -2.00. The molecule has 0 radical (unpaired) electrons. The van der Waals surface area contributed by atoms with Gasteiger partial charge in [-0.25, -0.2) is 0 Å². The molecular formula is C17H15Cl2N3OS. The van der Waals surface area contributed by atoms with Crippen LogP contribution >= 0.6 is 35.0 Å². The summed E-state index contributed by atoms with van der Waals surface area (Å²) in [5, 5.41) is 20.6. The quantitative estimate of drug-likeness (QED) is 0.613. The molecule has 0 atom stereocenters. The highest BCUT2D eigenvalue weighted by Gasteiger charge is 2.16. The van der Waals surface area contributed by atoms with Crippen LogP contribution in [0, 0.1) is 0 Å². The largest absolute Gasteiger partial charge is 0.507 e. The van der Waals surface area contributed by atoms with Crippen LogP contribution in [0.2, 0.25) is 10.0 Å². The van der Waals surface area contributed by atoms with Gasteiger partial charge in [-0.15, -0.1) is 10.2 Å². The van der Waals surface area contributed by atoms with Gasteiger partial charge in [0, 0.05) is 22.3 Å². The molecule has 1 N–H and O–H groups in total. The number of thioether (sulfide) groups is 1. The Morgan fingerprint density at radius 1 is 1.04 bits per heavy atom. The zero-order valence-electron chi connectivity index (χ0n) is 12.9. The summed E-state index contributed by atoms with van der Waals surface area (Å²) >= 11 is 13.9. The van der Waals surface area contributed by atoms with Gasteiger partial charge in [0.1, 0.15) is 5.75 Å². The van der Waals surface area contributed by atoms with E-state index >= 15 is 0 Å². The molecule has 0 aliphatic heterocycles. The second-order valence-corrected chi connectivity index (χ2v) is 6.81. The van der Waals surface area contributed by atoms with E-state index in [9.17, 15) is 5.11 Å². The third kappa shape index (κ3) is 3.38. The number of rotatable bonds is 5. The molecule has 1 aromatic heterocycles. The Balaban J connectivity index is 1.89. The summed E-state index contributed by atoms with van der Waals surface area (Å²) in [6.07, 6.45) is 0. The van der Waals surface area contributed by atoms with Gasteiger partial charge in [-0.05, 0) is 36.8 Å². The van der Waals surface area contributed by atoms with E-state index in [-0.39, 0.29) is 5.75 Å². The molecule has 0 amide bonds. The molecule has 0 aliphatic carbocycles. The molecule has 0 saturated heterocycles. The highest BCUT2D eigenvalue weighted by atomic mass is 35.5. The molecule has 24 heavy (non-hydrogen) atoms. The van der Waals surface area contributed by atoms with Crippen molar-refractivity contribution in [2.24, 2.45) is 0 Å². The van der Waals surface area contributed by atoms with Crippen molar-refractivity contribution in [3.63, 3.8) is 0 Å². The van der Waals surface area contributed by atoms with E-state index in [0.717, 1.165) is 10.7 Å². The number of nitrogens with zero attached hydrogens (tertiary/aromatic N) is 3. The first-order valence-electron chi connectivity index (χ1n) is 7.39. The van der Waals surface area contributed by atoms with E-state index < -0.39 is 0 Å². The van der Waals surface area contributed by atoms with Gasteiger partial charge in [-0.3, -0.25) is 0 Å². The van der Waals surface area contributed by atoms with Gasteiger partial charge in [0.15, 0.2) is 11.0 Å². The molecule has 0 fully saturated rings. The van der Waals surface area contributed by atoms with Gasteiger partial charge in [0.05, 0.1) is 5.56 Å². The number of benzene rings is 2. The van der Waals surface area contributed by atoms with Crippen LogP contribution in [0.5, 0.6) is 5.75 Å². The van der Waals surface area contributed by atoms with Gasteiger partial charge in [0.25, 0.3) is 0 Å². The zero-order valence-corrected chi connectivity index (χ0v) is 15.2. The molecule has 7 heteroatoms. The molecule has 0 bridgehead atoms. The van der Waals surface area contributed by atoms with Crippen LogP contribution in [0.3, 0.4) is 0 Å². The van der Waals surface area contributed by atoms with Crippen LogP contribution in [-0.2, 0) is 12.3 Å². The van der Waals surface area contributed by atoms with Crippen molar-refractivity contribution in [3.8, 4) is 17.1 Å². The third-order valence-electron chi connectivity index (χ3n) is 3.59. The van der Waals surface area contributed by atoms with Gasteiger partial charge < -0.3 is 9.67 Å². The lowest BCUT2D eigenvalue weighted by Gasteiger charge is -2.09. The molecule has 3 aromatic rings. The first kappa shape index (κ1) is 17.1. The lowest BCUT2D eigenvalue weighted by atomic mass is 10.2. The van der Waals surface area contributed by atoms with E-state index in [0.29, 0.717) is 33.7 Å². The van der Waals surface area contributed by atoms with Crippen LogP contribution in [0.25, 0.3) is 11.4 Å². The summed E-state index contributed by atoms with van der Waals surface area (Å²) in [6.45, 7) is 2.70. The predicted octanol–water partition coefficient (Wildman–Crippen LogP) is 5.27. The van der Waals surface area contributed by atoms with Gasteiger partial charge in [-0.1, -0.05) is 53.2 Å². The maximum absolute atomic E-state index is 10.1. The lowest BCUT2D eigenvalue weighted by molar-refractivity contribution is 0.476. The number of aromatic hydroxyl groups is 1. The molecule has 2 aromatic carbocycles. The average Bonchev–Trinajstić information content (AvgIpc) is 2.97. The van der Waals surface area contributed by atoms with Crippen LogP contribution in [-0.4, -0.2) is 19.9 Å². The fourth-order valence-corrected chi connectivity index (χ4v) is 4.09. The van der Waals surface area contributed by atoms with Crippen LogP contribution in [0.4, 0.5) is 0 Å². The van der Waals surface area contributed by atoms with Gasteiger partial charge in [0.2, 0.25) is 0 Å². The smallest absolute Gasteiger partial charge is 0.191 e. The Morgan fingerprint density at radius 2 is 1.75 bits per heavy atom. The molecule has 4 nitrogen and oxygen atoms in total. The Hall–Kier alpha value is -1.69. The summed E-state index contributed by atoms with van der Waals surface area (Å²) in [4.78, 5) is 0. The van der Waals surface area contributed by atoms with E-state index in [1.807, 2.05) is 41.8 Å². The number of halogens is 2. The van der Waals surface area contributed by atoms with Crippen LogP contribution in [0.15, 0.2) is 47.6 Å². The second-order valence-electron chi connectivity index (χ2n) is 5.06. The Labute approximate surface area is 154 Å². The summed E-state index contributed by atoms with van der Waals surface area (Å²) < 4.78 is 1.96. The molecular weight excluding hydrogens is 365 g/mol. The average molecular weight is 380 g/mol. The zero-order chi connectivity index (χ0) is 17.1. The van der Waals surface area contributed by atoms with Crippen molar-refractivity contribution < 1.29 is 5.11 Å². The van der Waals surface area contributed by atoms with Gasteiger partial charge >= 0.3 is 0 Å². The molecule has 0 aliphatic rings. The highest BCUT2D eigenvalue weighted by Crippen LogP contribution is 2.33.